The second-order valence-electron chi connectivity index (χ2n) is 7.92. The molecule has 162 valence electrons. The van der Waals surface area contributed by atoms with Crippen LogP contribution >= 0.6 is 11.8 Å². The number of nitrogens with one attached hydrogen (secondary N) is 1. The van der Waals surface area contributed by atoms with Gasteiger partial charge in [-0.3, -0.25) is 24.3 Å². The van der Waals surface area contributed by atoms with Gasteiger partial charge in [0.1, 0.15) is 11.9 Å². The third kappa shape index (κ3) is 4.79. The Kier molecular flexibility index (Phi) is 6.65. The van der Waals surface area contributed by atoms with E-state index in [-0.39, 0.29) is 29.2 Å². The van der Waals surface area contributed by atoms with Crippen LogP contribution in [0.4, 0.5) is 10.1 Å². The number of rotatable bonds is 6. The fourth-order valence-electron chi connectivity index (χ4n) is 4.21. The average molecular weight is 442 g/mol. The summed E-state index contributed by atoms with van der Waals surface area (Å²) in [7, 11) is 0. The van der Waals surface area contributed by atoms with Crippen LogP contribution in [0.1, 0.15) is 43.7 Å². The van der Waals surface area contributed by atoms with Gasteiger partial charge in [0.15, 0.2) is 5.12 Å². The number of para-hydroxylation sites is 1. The molecule has 0 radical (unpaired) electrons. The lowest BCUT2D eigenvalue weighted by Gasteiger charge is -2.33. The van der Waals surface area contributed by atoms with Gasteiger partial charge in [-0.05, 0) is 42.7 Å². The summed E-state index contributed by atoms with van der Waals surface area (Å²) < 4.78 is 14.9. The number of carbonyl (C=O) groups excluding carboxylic acids is 3. The number of halogens is 1. The number of nitrogens with zero attached hydrogens (tertiary/aromatic N) is 2. The summed E-state index contributed by atoms with van der Waals surface area (Å²) in [6, 6.07) is 8.23. The zero-order chi connectivity index (χ0) is 21.8. The Bertz CT molecular complexity index is 966. The van der Waals surface area contributed by atoms with Crippen LogP contribution < -0.4 is 10.2 Å². The van der Waals surface area contributed by atoms with Crippen molar-refractivity contribution in [2.45, 2.75) is 44.2 Å². The molecule has 1 saturated carbocycles. The third-order valence-electron chi connectivity index (χ3n) is 5.79. The van der Waals surface area contributed by atoms with Crippen LogP contribution in [-0.4, -0.2) is 33.7 Å². The Morgan fingerprint density at radius 3 is 2.48 bits per heavy atom. The third-order valence-corrected chi connectivity index (χ3v) is 6.84. The molecular formula is C23H24FN3O3S. The predicted octanol–water partition coefficient (Wildman–Crippen LogP) is 3.63. The summed E-state index contributed by atoms with van der Waals surface area (Å²) in [5, 5.41) is 2.99. The molecule has 8 heteroatoms. The van der Waals surface area contributed by atoms with Crippen molar-refractivity contribution < 1.29 is 18.8 Å². The lowest BCUT2D eigenvalue weighted by atomic mass is 9.99. The smallest absolute Gasteiger partial charge is 0.248 e. The van der Waals surface area contributed by atoms with Crippen LogP contribution in [0.15, 0.2) is 48.8 Å². The maximum absolute atomic E-state index is 14.9. The van der Waals surface area contributed by atoms with Gasteiger partial charge in [0.2, 0.25) is 11.8 Å². The minimum absolute atomic E-state index is 0.0280. The van der Waals surface area contributed by atoms with Crippen molar-refractivity contribution in [2.24, 2.45) is 5.92 Å². The number of benzene rings is 1. The van der Waals surface area contributed by atoms with Crippen molar-refractivity contribution in [1.82, 2.24) is 10.3 Å². The normalized spacial score (nSPS) is 19.9. The van der Waals surface area contributed by atoms with Crippen LogP contribution in [-0.2, 0) is 14.4 Å². The van der Waals surface area contributed by atoms with E-state index >= 15 is 0 Å². The zero-order valence-electron chi connectivity index (χ0n) is 17.0. The molecule has 2 aliphatic rings. The highest BCUT2D eigenvalue weighted by atomic mass is 32.2. The lowest BCUT2D eigenvalue weighted by molar-refractivity contribution is -0.129. The molecular weight excluding hydrogens is 417 g/mol. The fourth-order valence-corrected chi connectivity index (χ4v) is 5.18. The van der Waals surface area contributed by atoms with Crippen molar-refractivity contribution in [3.63, 3.8) is 0 Å². The van der Waals surface area contributed by atoms with Gasteiger partial charge in [-0.1, -0.05) is 36.7 Å². The van der Waals surface area contributed by atoms with Crippen LogP contribution in [0, 0.1) is 11.7 Å². The van der Waals surface area contributed by atoms with Crippen LogP contribution in [0.5, 0.6) is 0 Å². The first-order valence-electron chi connectivity index (χ1n) is 10.5. The van der Waals surface area contributed by atoms with Crippen molar-refractivity contribution in [1.29, 1.82) is 0 Å². The molecule has 1 saturated heterocycles. The second-order valence-corrected chi connectivity index (χ2v) is 8.99. The summed E-state index contributed by atoms with van der Waals surface area (Å²) in [6.45, 7) is 0. The molecule has 1 N–H and O–H groups in total. The van der Waals surface area contributed by atoms with Crippen molar-refractivity contribution in [2.75, 3.05) is 10.7 Å². The molecule has 2 amide bonds. The quantitative estimate of drug-likeness (QED) is 0.741. The molecule has 1 aliphatic carbocycles. The van der Waals surface area contributed by atoms with Crippen LogP contribution in [0.25, 0.3) is 0 Å². The maximum Gasteiger partial charge on any atom is 0.248 e. The first kappa shape index (κ1) is 21.5. The second kappa shape index (κ2) is 9.60. The highest BCUT2D eigenvalue weighted by molar-refractivity contribution is 8.14. The highest BCUT2D eigenvalue weighted by Gasteiger charge is 2.40. The topological polar surface area (TPSA) is 79.4 Å². The van der Waals surface area contributed by atoms with Gasteiger partial charge in [-0.15, -0.1) is 0 Å². The summed E-state index contributed by atoms with van der Waals surface area (Å²) in [6.07, 6.45) is 7.03. The van der Waals surface area contributed by atoms with Crippen molar-refractivity contribution in [3.05, 3.63) is 60.2 Å². The SMILES string of the molecule is O=C1CC(C(=O)N(c2ccccc2F)C(C(=O)NC2CCCC2)c2ccncc2)CS1. The Labute approximate surface area is 184 Å². The molecule has 4 rings (SSSR count). The van der Waals surface area contributed by atoms with Crippen LogP contribution in [0.2, 0.25) is 0 Å². The van der Waals surface area contributed by atoms with Gasteiger partial charge in [0.25, 0.3) is 0 Å². The average Bonchev–Trinajstić information content (AvgIpc) is 3.44. The van der Waals surface area contributed by atoms with Crippen molar-refractivity contribution in [3.8, 4) is 0 Å². The number of thioether (sulfide) groups is 1. The largest absolute Gasteiger partial charge is 0.351 e. The number of anilines is 1. The molecule has 0 bridgehead atoms. The van der Waals surface area contributed by atoms with E-state index in [2.05, 4.69) is 10.3 Å². The lowest BCUT2D eigenvalue weighted by Crippen LogP contribution is -2.48. The minimum Gasteiger partial charge on any atom is -0.351 e. The summed E-state index contributed by atoms with van der Waals surface area (Å²) in [5.41, 5.74) is 0.569. The molecule has 0 spiro atoms. The number of carbonyl (C=O) groups is 3. The molecule has 1 aromatic heterocycles. The van der Waals surface area contributed by atoms with E-state index in [1.807, 2.05) is 0 Å². The standard InChI is InChI=1S/C23H24FN3O3S/c24-18-7-3-4-8-19(18)27(23(30)16-13-20(28)31-14-16)21(15-9-11-25-12-10-15)22(29)26-17-5-1-2-6-17/h3-4,7-12,16-17,21H,1-2,5-6,13-14H2,(H,26,29). The Morgan fingerprint density at radius 2 is 1.84 bits per heavy atom. The van der Waals surface area contributed by atoms with E-state index in [1.165, 1.54) is 23.1 Å². The van der Waals surface area contributed by atoms with E-state index in [9.17, 15) is 18.8 Å². The molecule has 1 aromatic carbocycles. The summed E-state index contributed by atoms with van der Waals surface area (Å²) >= 11 is 1.10. The Balaban J connectivity index is 1.77. The fraction of sp³-hybridized carbons (Fsp3) is 0.391. The monoisotopic (exact) mass is 441 g/mol. The number of amides is 2. The summed E-state index contributed by atoms with van der Waals surface area (Å²) in [4.78, 5) is 44.2. The Hall–Kier alpha value is -2.74. The number of hydrogen-bond donors (Lipinski definition) is 1. The first-order chi connectivity index (χ1) is 15.0. The van der Waals surface area contributed by atoms with Gasteiger partial charge in [0.05, 0.1) is 11.6 Å². The van der Waals surface area contributed by atoms with E-state index in [0.717, 1.165) is 37.4 Å². The number of hydrogen-bond acceptors (Lipinski definition) is 5. The molecule has 2 atom stereocenters. The summed E-state index contributed by atoms with van der Waals surface area (Å²) in [5.74, 6) is -1.64. The molecule has 2 fully saturated rings. The van der Waals surface area contributed by atoms with E-state index < -0.39 is 23.7 Å². The molecule has 2 heterocycles. The zero-order valence-corrected chi connectivity index (χ0v) is 17.8. The van der Waals surface area contributed by atoms with Gasteiger partial charge >= 0.3 is 0 Å². The van der Waals surface area contributed by atoms with Gasteiger partial charge in [-0.25, -0.2) is 4.39 Å². The van der Waals surface area contributed by atoms with E-state index in [4.69, 9.17) is 0 Å². The Morgan fingerprint density at radius 1 is 1.13 bits per heavy atom. The highest BCUT2D eigenvalue weighted by Crippen LogP contribution is 2.35. The maximum atomic E-state index is 14.9. The van der Waals surface area contributed by atoms with Crippen molar-refractivity contribution >= 4 is 34.4 Å². The molecule has 31 heavy (non-hydrogen) atoms. The van der Waals surface area contributed by atoms with E-state index in [1.54, 1.807) is 30.6 Å². The van der Waals surface area contributed by atoms with Gasteiger partial charge in [-0.2, -0.15) is 0 Å². The number of pyridine rings is 1. The van der Waals surface area contributed by atoms with Gasteiger partial charge < -0.3 is 5.32 Å². The molecule has 1 aliphatic heterocycles. The number of aromatic nitrogens is 1. The van der Waals surface area contributed by atoms with E-state index in [0.29, 0.717) is 11.3 Å². The first-order valence-corrected chi connectivity index (χ1v) is 11.5. The minimum atomic E-state index is -1.06. The van der Waals surface area contributed by atoms with Crippen LogP contribution in [0.3, 0.4) is 0 Å². The molecule has 2 aromatic rings. The molecule has 6 nitrogen and oxygen atoms in total. The van der Waals surface area contributed by atoms with Gasteiger partial charge in [0, 0.05) is 30.6 Å². The predicted molar refractivity (Wildman–Crippen MR) is 117 cm³/mol. The molecule has 2 unspecified atom stereocenters.